The van der Waals surface area contributed by atoms with Crippen molar-refractivity contribution in [1.82, 2.24) is 8.97 Å². The molecule has 118 valence electrons. The smallest absolute Gasteiger partial charge is 0.279 e. The third-order valence-electron chi connectivity index (χ3n) is 3.63. The molecule has 0 unspecified atom stereocenters. The standard InChI is InChI=1S/C16H12I2N2O3/c1-9-7-19-5-4-13(21)15(22)14(19)16(23)20(9)8-10-2-3-11(17)12(18)6-10/h2-7,22H,8H2,1H3. The molecule has 2 heterocycles. The molecular weight excluding hydrogens is 522 g/mol. The maximum absolute atomic E-state index is 12.7. The van der Waals surface area contributed by atoms with E-state index in [-0.39, 0.29) is 11.1 Å². The summed E-state index contributed by atoms with van der Waals surface area (Å²) >= 11 is 4.51. The third kappa shape index (κ3) is 3.03. The SMILES string of the molecule is Cc1cn2ccc(=O)c(O)c2c(=O)n1Cc1ccc(I)c(I)c1. The van der Waals surface area contributed by atoms with Crippen LogP contribution in [0.3, 0.4) is 0 Å². The van der Waals surface area contributed by atoms with Gasteiger partial charge in [-0.25, -0.2) is 0 Å². The molecule has 0 fully saturated rings. The fourth-order valence-electron chi connectivity index (χ4n) is 2.44. The number of aromatic nitrogens is 2. The highest BCUT2D eigenvalue weighted by atomic mass is 127. The Balaban J connectivity index is 2.21. The first-order valence-electron chi connectivity index (χ1n) is 6.77. The molecule has 0 aliphatic rings. The number of nitrogens with zero attached hydrogens (tertiary/aromatic N) is 2. The molecule has 3 aromatic rings. The summed E-state index contributed by atoms with van der Waals surface area (Å²) in [4.78, 5) is 24.3. The highest BCUT2D eigenvalue weighted by Gasteiger charge is 2.13. The van der Waals surface area contributed by atoms with Crippen LogP contribution < -0.4 is 11.0 Å². The first-order valence-corrected chi connectivity index (χ1v) is 8.92. The van der Waals surface area contributed by atoms with Crippen LogP contribution in [0.4, 0.5) is 0 Å². The molecule has 3 rings (SSSR count). The van der Waals surface area contributed by atoms with Crippen LogP contribution >= 0.6 is 45.2 Å². The Morgan fingerprint density at radius 2 is 1.87 bits per heavy atom. The molecule has 7 heteroatoms. The number of benzene rings is 1. The van der Waals surface area contributed by atoms with E-state index in [1.54, 1.807) is 10.8 Å². The lowest BCUT2D eigenvalue weighted by Gasteiger charge is -2.13. The van der Waals surface area contributed by atoms with E-state index in [0.717, 1.165) is 18.4 Å². The van der Waals surface area contributed by atoms with E-state index in [1.807, 2.05) is 25.1 Å². The molecule has 0 atom stereocenters. The van der Waals surface area contributed by atoms with Gasteiger partial charge in [0.2, 0.25) is 5.43 Å². The molecule has 0 amide bonds. The molecule has 23 heavy (non-hydrogen) atoms. The van der Waals surface area contributed by atoms with Crippen LogP contribution in [-0.4, -0.2) is 14.1 Å². The Bertz CT molecular complexity index is 1040. The predicted molar refractivity (Wildman–Crippen MR) is 105 cm³/mol. The number of hydrogen-bond acceptors (Lipinski definition) is 3. The van der Waals surface area contributed by atoms with Gasteiger partial charge in [0.05, 0.1) is 6.54 Å². The predicted octanol–water partition coefficient (Wildman–Crippen LogP) is 2.73. The second-order valence-electron chi connectivity index (χ2n) is 5.19. The van der Waals surface area contributed by atoms with Crippen LogP contribution in [-0.2, 0) is 6.54 Å². The van der Waals surface area contributed by atoms with Crippen molar-refractivity contribution in [1.29, 1.82) is 0 Å². The van der Waals surface area contributed by atoms with Gasteiger partial charge < -0.3 is 14.1 Å². The summed E-state index contributed by atoms with van der Waals surface area (Å²) in [5.74, 6) is -0.511. The normalized spacial score (nSPS) is 11.1. The van der Waals surface area contributed by atoms with E-state index in [4.69, 9.17) is 0 Å². The number of aryl methyl sites for hydroxylation is 1. The zero-order valence-corrected chi connectivity index (χ0v) is 16.4. The van der Waals surface area contributed by atoms with E-state index < -0.39 is 11.2 Å². The second kappa shape index (κ2) is 6.27. The average Bonchev–Trinajstić information content (AvgIpc) is 2.50. The van der Waals surface area contributed by atoms with E-state index in [1.165, 1.54) is 16.7 Å². The van der Waals surface area contributed by atoms with Gasteiger partial charge in [-0.05, 0) is 69.8 Å². The molecule has 0 saturated heterocycles. The van der Waals surface area contributed by atoms with Crippen molar-refractivity contribution in [3.05, 3.63) is 75.6 Å². The first kappa shape index (κ1) is 16.5. The molecule has 0 spiro atoms. The summed E-state index contributed by atoms with van der Waals surface area (Å²) in [7, 11) is 0. The Hall–Kier alpha value is -1.36. The minimum Gasteiger partial charge on any atom is -0.503 e. The van der Waals surface area contributed by atoms with Crippen molar-refractivity contribution < 1.29 is 5.11 Å². The number of hydrogen-bond donors (Lipinski definition) is 1. The summed E-state index contributed by atoms with van der Waals surface area (Å²) in [6, 6.07) is 7.24. The second-order valence-corrected chi connectivity index (χ2v) is 7.52. The topological polar surface area (TPSA) is 63.7 Å². The molecular formula is C16H12I2N2O3. The van der Waals surface area contributed by atoms with Crippen molar-refractivity contribution in [3.8, 4) is 5.75 Å². The van der Waals surface area contributed by atoms with Crippen molar-refractivity contribution in [2.24, 2.45) is 0 Å². The largest absolute Gasteiger partial charge is 0.503 e. The fraction of sp³-hybridized carbons (Fsp3) is 0.125. The van der Waals surface area contributed by atoms with Gasteiger partial charge in [0.25, 0.3) is 5.56 Å². The van der Waals surface area contributed by atoms with Crippen LogP contribution in [0.5, 0.6) is 5.75 Å². The highest BCUT2D eigenvalue weighted by Crippen LogP contribution is 2.18. The van der Waals surface area contributed by atoms with Gasteiger partial charge in [-0.15, -0.1) is 0 Å². The lowest BCUT2D eigenvalue weighted by atomic mass is 10.2. The first-order chi connectivity index (χ1) is 10.9. The van der Waals surface area contributed by atoms with E-state index >= 15 is 0 Å². The molecule has 0 aliphatic carbocycles. The zero-order chi connectivity index (χ0) is 16.7. The molecule has 2 aromatic heterocycles. The fourth-order valence-corrected chi connectivity index (χ4v) is 3.35. The van der Waals surface area contributed by atoms with Gasteiger partial charge in [0.1, 0.15) is 0 Å². The van der Waals surface area contributed by atoms with E-state index in [9.17, 15) is 14.7 Å². The minimum absolute atomic E-state index is 0.00306. The highest BCUT2D eigenvalue weighted by molar-refractivity contribution is 14.1. The summed E-state index contributed by atoms with van der Waals surface area (Å²) in [5, 5.41) is 9.95. The molecule has 0 bridgehead atoms. The number of pyridine rings is 1. The van der Waals surface area contributed by atoms with Gasteiger partial charge in [0, 0.05) is 31.3 Å². The van der Waals surface area contributed by atoms with Crippen LogP contribution in [0.1, 0.15) is 11.3 Å². The van der Waals surface area contributed by atoms with Crippen LogP contribution in [0.2, 0.25) is 0 Å². The van der Waals surface area contributed by atoms with Crippen molar-refractivity contribution in [2.45, 2.75) is 13.5 Å². The van der Waals surface area contributed by atoms with E-state index in [2.05, 4.69) is 45.2 Å². The maximum Gasteiger partial charge on any atom is 0.279 e. The van der Waals surface area contributed by atoms with Crippen molar-refractivity contribution in [3.63, 3.8) is 0 Å². The van der Waals surface area contributed by atoms with Gasteiger partial charge in [-0.3, -0.25) is 9.59 Å². The van der Waals surface area contributed by atoms with Crippen LogP contribution in [0.15, 0.2) is 46.2 Å². The number of rotatable bonds is 2. The number of fused-ring (bicyclic) bond motifs is 1. The Morgan fingerprint density at radius 3 is 2.57 bits per heavy atom. The molecule has 1 aromatic carbocycles. The van der Waals surface area contributed by atoms with Crippen molar-refractivity contribution >= 4 is 50.7 Å². The van der Waals surface area contributed by atoms with Gasteiger partial charge in [-0.2, -0.15) is 0 Å². The van der Waals surface area contributed by atoms with Crippen LogP contribution in [0, 0.1) is 14.1 Å². The summed E-state index contributed by atoms with van der Waals surface area (Å²) in [5.41, 5.74) is 0.805. The average molecular weight is 534 g/mol. The molecule has 0 radical (unpaired) electrons. The molecule has 0 aliphatic heterocycles. The number of aromatic hydroxyl groups is 1. The van der Waals surface area contributed by atoms with Gasteiger partial charge in [-0.1, -0.05) is 6.07 Å². The number of halogens is 2. The van der Waals surface area contributed by atoms with Gasteiger partial charge >= 0.3 is 0 Å². The summed E-state index contributed by atoms with van der Waals surface area (Å²) in [6.45, 7) is 2.21. The lowest BCUT2D eigenvalue weighted by molar-refractivity contribution is 0.472. The monoisotopic (exact) mass is 534 g/mol. The Morgan fingerprint density at radius 1 is 1.13 bits per heavy atom. The molecule has 0 saturated carbocycles. The van der Waals surface area contributed by atoms with Crippen LogP contribution in [0.25, 0.3) is 5.52 Å². The lowest BCUT2D eigenvalue weighted by Crippen LogP contribution is -2.26. The summed E-state index contributed by atoms with van der Waals surface area (Å²) < 4.78 is 5.32. The van der Waals surface area contributed by atoms with Crippen molar-refractivity contribution in [2.75, 3.05) is 0 Å². The minimum atomic E-state index is -0.554. The van der Waals surface area contributed by atoms with E-state index in [0.29, 0.717) is 6.54 Å². The Labute approximate surface area is 158 Å². The third-order valence-corrected chi connectivity index (χ3v) is 6.49. The summed E-state index contributed by atoms with van der Waals surface area (Å²) in [6.07, 6.45) is 3.22. The quantitative estimate of drug-likeness (QED) is 0.515. The Kier molecular flexibility index (Phi) is 4.50. The zero-order valence-electron chi connectivity index (χ0n) is 12.1. The molecule has 1 N–H and O–H groups in total. The molecule has 5 nitrogen and oxygen atoms in total. The van der Waals surface area contributed by atoms with Gasteiger partial charge in [0.15, 0.2) is 11.3 Å². The maximum atomic E-state index is 12.7.